The monoisotopic (exact) mass is 216 g/mol. The first-order chi connectivity index (χ1) is 7.77. The van der Waals surface area contributed by atoms with Crippen molar-refractivity contribution in [2.75, 3.05) is 6.54 Å². The summed E-state index contributed by atoms with van der Waals surface area (Å²) < 4.78 is 0. The highest BCUT2D eigenvalue weighted by Crippen LogP contribution is 2.19. The fourth-order valence-corrected chi connectivity index (χ4v) is 1.83. The molecule has 0 fully saturated rings. The second-order valence-corrected chi connectivity index (χ2v) is 3.94. The minimum absolute atomic E-state index is 0.403. The lowest BCUT2D eigenvalue weighted by Crippen LogP contribution is -2.21. The topological polar surface area (TPSA) is 24.9 Å². The molecule has 1 unspecified atom stereocenters. The average molecular weight is 216 g/mol. The van der Waals surface area contributed by atoms with Crippen LogP contribution in [0.3, 0.4) is 0 Å². The van der Waals surface area contributed by atoms with E-state index in [0.29, 0.717) is 6.04 Å². The van der Waals surface area contributed by atoms with E-state index in [1.54, 1.807) is 0 Å². The number of nitrogens with zero attached hydrogens (tertiary/aromatic N) is 1. The Kier molecular flexibility index (Phi) is 5.60. The summed E-state index contributed by atoms with van der Waals surface area (Å²) in [6.07, 6.45) is 10.1. The zero-order valence-electron chi connectivity index (χ0n) is 10.2. The molecule has 1 rings (SSSR count). The molecule has 1 atom stereocenters. The smallest absolute Gasteiger partial charge is 0.0375 e. The summed E-state index contributed by atoms with van der Waals surface area (Å²) in [4.78, 5) is 4.22. The summed E-state index contributed by atoms with van der Waals surface area (Å²) >= 11 is 0. The van der Waals surface area contributed by atoms with Crippen LogP contribution in [0.2, 0.25) is 0 Å². The van der Waals surface area contributed by atoms with Gasteiger partial charge < -0.3 is 5.32 Å². The van der Waals surface area contributed by atoms with Gasteiger partial charge in [-0.25, -0.2) is 0 Å². The summed E-state index contributed by atoms with van der Waals surface area (Å²) in [5.74, 6) is 2.69. The summed E-state index contributed by atoms with van der Waals surface area (Å²) in [7, 11) is 0. The second kappa shape index (κ2) is 7.03. The van der Waals surface area contributed by atoms with Crippen molar-refractivity contribution in [1.29, 1.82) is 0 Å². The van der Waals surface area contributed by atoms with E-state index in [1.165, 1.54) is 5.56 Å². The van der Waals surface area contributed by atoms with Crippen LogP contribution in [0.15, 0.2) is 18.3 Å². The van der Waals surface area contributed by atoms with Crippen LogP contribution < -0.4 is 5.32 Å². The summed E-state index contributed by atoms with van der Waals surface area (Å²) in [6, 6.07) is 4.62. The van der Waals surface area contributed by atoms with Crippen molar-refractivity contribution in [3.05, 3.63) is 29.6 Å². The highest BCUT2D eigenvalue weighted by atomic mass is 14.9. The van der Waals surface area contributed by atoms with Crippen LogP contribution in [0.4, 0.5) is 0 Å². The molecule has 1 aromatic heterocycles. The number of pyridine rings is 1. The molecule has 86 valence electrons. The lowest BCUT2D eigenvalue weighted by molar-refractivity contribution is 0.501. The van der Waals surface area contributed by atoms with Gasteiger partial charge in [0, 0.05) is 24.4 Å². The summed E-state index contributed by atoms with van der Waals surface area (Å²) in [5.41, 5.74) is 2.38. The molecule has 0 spiro atoms. The van der Waals surface area contributed by atoms with Crippen LogP contribution in [0.25, 0.3) is 0 Å². The molecular formula is C14H20N2. The number of hydrogen-bond donors (Lipinski definition) is 1. The van der Waals surface area contributed by atoms with Gasteiger partial charge in [-0.15, -0.1) is 12.3 Å². The minimum Gasteiger partial charge on any atom is -0.310 e. The van der Waals surface area contributed by atoms with Crippen molar-refractivity contribution < 1.29 is 0 Å². The molecule has 16 heavy (non-hydrogen) atoms. The molecule has 1 heterocycles. The predicted molar refractivity (Wildman–Crippen MR) is 68.1 cm³/mol. The Bertz CT molecular complexity index is 352. The first-order valence-corrected chi connectivity index (χ1v) is 5.87. The molecular weight excluding hydrogens is 196 g/mol. The number of aryl methyl sites for hydroxylation is 1. The molecule has 0 saturated carbocycles. The average Bonchev–Trinajstić information content (AvgIpc) is 2.28. The Morgan fingerprint density at radius 1 is 1.56 bits per heavy atom. The molecule has 0 aromatic carbocycles. The zero-order chi connectivity index (χ0) is 11.8. The number of rotatable bonds is 6. The molecule has 0 amide bonds. The fourth-order valence-electron chi connectivity index (χ4n) is 1.83. The van der Waals surface area contributed by atoms with E-state index in [9.17, 15) is 0 Å². The Morgan fingerprint density at radius 2 is 2.38 bits per heavy atom. The highest BCUT2D eigenvalue weighted by molar-refractivity contribution is 5.19. The number of terminal acetylenes is 1. The quantitative estimate of drug-likeness (QED) is 0.584. The van der Waals surface area contributed by atoms with Gasteiger partial charge in [0.15, 0.2) is 0 Å². The molecule has 0 aliphatic heterocycles. The van der Waals surface area contributed by atoms with E-state index < -0.39 is 0 Å². The summed E-state index contributed by atoms with van der Waals surface area (Å²) in [5, 5.41) is 3.49. The third kappa shape index (κ3) is 4.04. The van der Waals surface area contributed by atoms with Gasteiger partial charge in [-0.05, 0) is 44.0 Å². The molecule has 0 aliphatic carbocycles. The van der Waals surface area contributed by atoms with Crippen molar-refractivity contribution in [2.45, 2.75) is 39.2 Å². The van der Waals surface area contributed by atoms with Gasteiger partial charge in [-0.1, -0.05) is 6.92 Å². The van der Waals surface area contributed by atoms with E-state index in [2.05, 4.69) is 35.3 Å². The van der Waals surface area contributed by atoms with Gasteiger partial charge in [0.2, 0.25) is 0 Å². The third-order valence-corrected chi connectivity index (χ3v) is 2.59. The van der Waals surface area contributed by atoms with Gasteiger partial charge in [-0.2, -0.15) is 0 Å². The molecule has 2 nitrogen and oxygen atoms in total. The number of hydrogen-bond acceptors (Lipinski definition) is 2. The first kappa shape index (κ1) is 12.7. The van der Waals surface area contributed by atoms with Crippen LogP contribution in [-0.4, -0.2) is 11.5 Å². The number of nitrogens with one attached hydrogen (secondary N) is 1. The van der Waals surface area contributed by atoms with E-state index >= 15 is 0 Å². The van der Waals surface area contributed by atoms with Gasteiger partial charge >= 0.3 is 0 Å². The van der Waals surface area contributed by atoms with Crippen LogP contribution >= 0.6 is 0 Å². The van der Waals surface area contributed by atoms with Gasteiger partial charge in [0.25, 0.3) is 0 Å². The normalized spacial score (nSPS) is 12.1. The largest absolute Gasteiger partial charge is 0.310 e. The maximum absolute atomic E-state index is 5.27. The Balaban J connectivity index is 2.65. The Labute approximate surface area is 98.5 Å². The van der Waals surface area contributed by atoms with E-state index in [1.807, 2.05) is 13.1 Å². The first-order valence-electron chi connectivity index (χ1n) is 5.87. The van der Waals surface area contributed by atoms with Crippen molar-refractivity contribution in [3.8, 4) is 12.3 Å². The molecule has 0 saturated heterocycles. The van der Waals surface area contributed by atoms with Gasteiger partial charge in [0.05, 0.1) is 0 Å². The standard InChI is InChI=1S/C14H20N2/c1-4-6-7-8-14(15-5-2)13-9-10-16-12(3)11-13/h1,9-11,14-15H,5-8H2,2-3H3. The molecule has 0 radical (unpaired) electrons. The Hall–Kier alpha value is -1.33. The van der Waals surface area contributed by atoms with Gasteiger partial charge in [-0.3, -0.25) is 4.98 Å². The summed E-state index contributed by atoms with van der Waals surface area (Å²) in [6.45, 7) is 5.12. The van der Waals surface area contributed by atoms with E-state index in [0.717, 1.165) is 31.5 Å². The maximum atomic E-state index is 5.27. The molecule has 2 heteroatoms. The number of aromatic nitrogens is 1. The van der Waals surface area contributed by atoms with Crippen molar-refractivity contribution >= 4 is 0 Å². The van der Waals surface area contributed by atoms with E-state index in [-0.39, 0.29) is 0 Å². The van der Waals surface area contributed by atoms with Crippen molar-refractivity contribution in [1.82, 2.24) is 10.3 Å². The minimum atomic E-state index is 0.403. The molecule has 1 aromatic rings. The van der Waals surface area contributed by atoms with Crippen molar-refractivity contribution in [3.63, 3.8) is 0 Å². The second-order valence-electron chi connectivity index (χ2n) is 3.94. The zero-order valence-corrected chi connectivity index (χ0v) is 10.2. The molecule has 0 aliphatic rings. The van der Waals surface area contributed by atoms with Gasteiger partial charge in [0.1, 0.15) is 0 Å². The third-order valence-electron chi connectivity index (χ3n) is 2.59. The molecule has 0 bridgehead atoms. The molecule has 1 N–H and O–H groups in total. The predicted octanol–water partition coefficient (Wildman–Crippen LogP) is 2.84. The van der Waals surface area contributed by atoms with Crippen LogP contribution in [0, 0.1) is 19.3 Å². The maximum Gasteiger partial charge on any atom is 0.0375 e. The van der Waals surface area contributed by atoms with Crippen LogP contribution in [-0.2, 0) is 0 Å². The lowest BCUT2D eigenvalue weighted by Gasteiger charge is -2.18. The van der Waals surface area contributed by atoms with Crippen LogP contribution in [0.1, 0.15) is 43.5 Å². The SMILES string of the molecule is C#CCCCC(NCC)c1ccnc(C)c1. The number of unbranched alkanes of at least 4 members (excludes halogenated alkanes) is 1. The van der Waals surface area contributed by atoms with Crippen LogP contribution in [0.5, 0.6) is 0 Å². The Morgan fingerprint density at radius 3 is 3.00 bits per heavy atom. The fraction of sp³-hybridized carbons (Fsp3) is 0.500. The highest BCUT2D eigenvalue weighted by Gasteiger charge is 2.09. The van der Waals surface area contributed by atoms with Crippen molar-refractivity contribution in [2.24, 2.45) is 0 Å². The lowest BCUT2D eigenvalue weighted by atomic mass is 10.0. The van der Waals surface area contributed by atoms with E-state index in [4.69, 9.17) is 6.42 Å².